The molecular formula is C17H22N2O5. The van der Waals surface area contributed by atoms with Crippen molar-refractivity contribution >= 4 is 23.0 Å². The third-order valence-corrected chi connectivity index (χ3v) is 3.53. The topological polar surface area (TPSA) is 81.0 Å². The van der Waals surface area contributed by atoms with Gasteiger partial charge in [-0.1, -0.05) is 6.07 Å². The molecule has 1 heterocycles. The van der Waals surface area contributed by atoms with Crippen molar-refractivity contribution in [1.29, 1.82) is 0 Å². The Morgan fingerprint density at radius 1 is 1.21 bits per heavy atom. The van der Waals surface area contributed by atoms with Crippen LogP contribution in [0.15, 0.2) is 24.4 Å². The molecule has 0 unspecified atom stereocenters. The Morgan fingerprint density at radius 3 is 2.58 bits per heavy atom. The molecule has 1 aromatic heterocycles. The van der Waals surface area contributed by atoms with E-state index in [9.17, 15) is 14.7 Å². The molecule has 0 spiro atoms. The highest BCUT2D eigenvalue weighted by Crippen LogP contribution is 2.30. The van der Waals surface area contributed by atoms with Gasteiger partial charge in [-0.2, -0.15) is 0 Å². The molecule has 0 fully saturated rings. The number of esters is 1. The monoisotopic (exact) mass is 334 g/mol. The summed E-state index contributed by atoms with van der Waals surface area (Å²) in [6.07, 6.45) is 1.80. The van der Waals surface area contributed by atoms with Crippen LogP contribution in [0.3, 0.4) is 0 Å². The van der Waals surface area contributed by atoms with Crippen LogP contribution < -0.4 is 0 Å². The molecular weight excluding hydrogens is 312 g/mol. The molecule has 1 N–H and O–H groups in total. The highest BCUT2D eigenvalue weighted by molar-refractivity contribution is 5.95. The Bertz CT molecular complexity index is 736. The van der Waals surface area contributed by atoms with Crippen LogP contribution in [0.1, 0.15) is 12.5 Å². The number of fused-ring (bicyclic) bond motifs is 1. The van der Waals surface area contributed by atoms with Gasteiger partial charge in [0.1, 0.15) is 19.0 Å². The highest BCUT2D eigenvalue weighted by atomic mass is 16.6. The van der Waals surface area contributed by atoms with Gasteiger partial charge >= 0.3 is 12.1 Å². The molecule has 0 saturated carbocycles. The number of hydrogen-bond acceptors (Lipinski definition) is 6. The van der Waals surface area contributed by atoms with E-state index in [-0.39, 0.29) is 19.0 Å². The predicted molar refractivity (Wildman–Crippen MR) is 89.2 cm³/mol. The number of likely N-dealkylation sites (N-methyl/N-ethyl adjacent to an activating group) is 1. The molecule has 130 valence electrons. The van der Waals surface area contributed by atoms with E-state index in [4.69, 9.17) is 9.47 Å². The van der Waals surface area contributed by atoms with Crippen LogP contribution in [0.25, 0.3) is 10.9 Å². The Morgan fingerprint density at radius 2 is 1.92 bits per heavy atom. The Balaban J connectivity index is 2.21. The quantitative estimate of drug-likeness (QED) is 0.643. The fourth-order valence-corrected chi connectivity index (χ4v) is 2.42. The van der Waals surface area contributed by atoms with Gasteiger partial charge in [0.05, 0.1) is 5.52 Å². The van der Waals surface area contributed by atoms with Crippen molar-refractivity contribution in [2.24, 2.45) is 0 Å². The number of hydrogen-bond donors (Lipinski definition) is 1. The van der Waals surface area contributed by atoms with Crippen molar-refractivity contribution < 1.29 is 24.2 Å². The molecule has 0 saturated heterocycles. The van der Waals surface area contributed by atoms with E-state index in [0.717, 1.165) is 12.1 Å². The van der Waals surface area contributed by atoms with Crippen LogP contribution in [0.2, 0.25) is 0 Å². The number of phenolic OH excluding ortho intramolecular Hbond substituents is 1. The second kappa shape index (κ2) is 7.83. The summed E-state index contributed by atoms with van der Waals surface area (Å²) in [6.45, 7) is 2.07. The Kier molecular flexibility index (Phi) is 5.81. The Hall–Kier alpha value is -2.54. The molecule has 24 heavy (non-hydrogen) atoms. The number of aromatic nitrogens is 1. The Labute approximate surface area is 140 Å². The summed E-state index contributed by atoms with van der Waals surface area (Å²) in [4.78, 5) is 25.0. The molecule has 0 aliphatic carbocycles. The summed E-state index contributed by atoms with van der Waals surface area (Å²) in [6, 6.07) is 5.02. The number of phenols is 1. The van der Waals surface area contributed by atoms with Crippen molar-refractivity contribution in [1.82, 2.24) is 9.47 Å². The number of ether oxygens (including phenoxy) is 2. The largest absolute Gasteiger partial charge is 0.507 e. The summed E-state index contributed by atoms with van der Waals surface area (Å²) in [5.74, 6) is -0.291. The van der Waals surface area contributed by atoms with Crippen LogP contribution in [0.5, 0.6) is 5.75 Å². The van der Waals surface area contributed by atoms with Gasteiger partial charge in [0.25, 0.3) is 0 Å². The molecule has 7 nitrogen and oxygen atoms in total. The summed E-state index contributed by atoms with van der Waals surface area (Å²) in [5, 5.41) is 10.8. The second-order valence-electron chi connectivity index (χ2n) is 5.70. The first-order chi connectivity index (χ1) is 11.4. The van der Waals surface area contributed by atoms with E-state index in [2.05, 4.69) is 0 Å². The summed E-state index contributed by atoms with van der Waals surface area (Å²) < 4.78 is 11.2. The molecule has 1 aromatic carbocycles. The average molecular weight is 334 g/mol. The lowest BCUT2D eigenvalue weighted by molar-refractivity contribution is -0.141. The normalized spacial score (nSPS) is 11.0. The number of nitrogens with zero attached hydrogens (tertiary/aromatic N) is 2. The summed E-state index contributed by atoms with van der Waals surface area (Å²) >= 11 is 0. The number of carbonyl (C=O) groups is 2. The minimum absolute atomic E-state index is 0.0129. The molecule has 0 amide bonds. The number of rotatable bonds is 6. The average Bonchev–Trinajstić information content (AvgIpc) is 2.89. The fraction of sp³-hybridized carbons (Fsp3) is 0.412. The first kappa shape index (κ1) is 17.8. The highest BCUT2D eigenvalue weighted by Gasteiger charge is 2.17. The SMILES string of the molecule is CC(=O)OCCOC(=O)n1cc(CCN(C)C)c2c(O)cccc21. The molecule has 0 aliphatic rings. The molecule has 0 bridgehead atoms. The van der Waals surface area contributed by atoms with Crippen LogP contribution in [-0.4, -0.2) is 60.5 Å². The first-order valence-corrected chi connectivity index (χ1v) is 7.67. The van der Waals surface area contributed by atoms with E-state index >= 15 is 0 Å². The number of carbonyl (C=O) groups excluding carboxylic acids is 2. The lowest BCUT2D eigenvalue weighted by Gasteiger charge is -2.08. The molecule has 0 radical (unpaired) electrons. The molecule has 2 aromatic rings. The maximum Gasteiger partial charge on any atom is 0.418 e. The van der Waals surface area contributed by atoms with E-state index in [1.54, 1.807) is 24.4 Å². The van der Waals surface area contributed by atoms with Gasteiger partial charge in [0, 0.05) is 25.1 Å². The van der Waals surface area contributed by atoms with Crippen LogP contribution in [-0.2, 0) is 20.7 Å². The van der Waals surface area contributed by atoms with Gasteiger partial charge in [0.15, 0.2) is 0 Å². The van der Waals surface area contributed by atoms with E-state index in [0.29, 0.717) is 17.3 Å². The maximum atomic E-state index is 12.3. The zero-order valence-corrected chi connectivity index (χ0v) is 14.1. The minimum Gasteiger partial charge on any atom is -0.507 e. The number of benzene rings is 1. The fourth-order valence-electron chi connectivity index (χ4n) is 2.42. The number of aromatic hydroxyl groups is 1. The van der Waals surface area contributed by atoms with Crippen molar-refractivity contribution in [3.8, 4) is 5.75 Å². The molecule has 0 atom stereocenters. The molecule has 0 aliphatic heterocycles. The molecule has 7 heteroatoms. The van der Waals surface area contributed by atoms with Crippen molar-refractivity contribution in [2.45, 2.75) is 13.3 Å². The lowest BCUT2D eigenvalue weighted by atomic mass is 10.1. The van der Waals surface area contributed by atoms with E-state index in [1.807, 2.05) is 19.0 Å². The van der Waals surface area contributed by atoms with Crippen molar-refractivity contribution in [3.05, 3.63) is 30.0 Å². The summed E-state index contributed by atoms with van der Waals surface area (Å²) in [7, 11) is 3.92. The van der Waals surface area contributed by atoms with Gasteiger partial charge in [0.2, 0.25) is 0 Å². The predicted octanol–water partition coefficient (Wildman–Crippen LogP) is 2.00. The van der Waals surface area contributed by atoms with E-state index in [1.165, 1.54) is 11.5 Å². The molecule has 2 rings (SSSR count). The van der Waals surface area contributed by atoms with Gasteiger partial charge in [-0.15, -0.1) is 0 Å². The minimum atomic E-state index is -0.575. The van der Waals surface area contributed by atoms with E-state index < -0.39 is 12.1 Å². The van der Waals surface area contributed by atoms with Crippen LogP contribution in [0.4, 0.5) is 4.79 Å². The maximum absolute atomic E-state index is 12.3. The van der Waals surface area contributed by atoms with Gasteiger partial charge in [-0.05, 0) is 38.2 Å². The van der Waals surface area contributed by atoms with Crippen LogP contribution in [0, 0.1) is 0 Å². The zero-order chi connectivity index (χ0) is 17.7. The lowest BCUT2D eigenvalue weighted by Crippen LogP contribution is -2.17. The van der Waals surface area contributed by atoms with Crippen molar-refractivity contribution in [3.63, 3.8) is 0 Å². The van der Waals surface area contributed by atoms with Crippen LogP contribution >= 0.6 is 0 Å². The standard InChI is InChI=1S/C17H22N2O5/c1-12(20)23-9-10-24-17(22)19-11-13(7-8-18(2)3)16-14(19)5-4-6-15(16)21/h4-6,11,21H,7-10H2,1-3H3. The third-order valence-electron chi connectivity index (χ3n) is 3.53. The summed E-state index contributed by atoms with van der Waals surface area (Å²) in [5.41, 5.74) is 1.45. The van der Waals surface area contributed by atoms with Gasteiger partial charge in [-0.25, -0.2) is 4.79 Å². The van der Waals surface area contributed by atoms with Crippen molar-refractivity contribution in [2.75, 3.05) is 33.9 Å². The third kappa shape index (κ3) is 4.26. The zero-order valence-electron chi connectivity index (χ0n) is 14.1. The van der Waals surface area contributed by atoms with Gasteiger partial charge < -0.3 is 19.5 Å². The second-order valence-corrected chi connectivity index (χ2v) is 5.70. The first-order valence-electron chi connectivity index (χ1n) is 7.67. The smallest absolute Gasteiger partial charge is 0.418 e. The van der Waals surface area contributed by atoms with Gasteiger partial charge in [-0.3, -0.25) is 9.36 Å².